The maximum absolute atomic E-state index is 8.52. The van der Waals surface area contributed by atoms with Crippen LogP contribution in [0.25, 0.3) is 0 Å². The minimum Gasteiger partial charge on any atom is -0.309 e. The molecule has 3 nitrogen and oxygen atoms in total. The Balaban J connectivity index is 2.41. The second-order valence-electron chi connectivity index (χ2n) is 2.20. The molecule has 0 spiro atoms. The summed E-state index contributed by atoms with van der Waals surface area (Å²) in [4.78, 5) is 2.01. The number of likely N-dealkylation sites (N-methyl/N-ethyl adjacent to an activating group) is 1. The van der Waals surface area contributed by atoms with Gasteiger partial charge in [0, 0.05) is 19.6 Å². The molecule has 1 saturated heterocycles. The van der Waals surface area contributed by atoms with Gasteiger partial charge in [-0.25, -0.2) is 0 Å². The van der Waals surface area contributed by atoms with E-state index in [1.807, 2.05) is 18.5 Å². The third-order valence-electron chi connectivity index (χ3n) is 1.52. The van der Waals surface area contributed by atoms with E-state index in [1.165, 1.54) is 0 Å². The Bertz CT molecular complexity index is 127. The lowest BCUT2D eigenvalue weighted by atomic mass is 10.2. The molecule has 0 aliphatic carbocycles. The summed E-state index contributed by atoms with van der Waals surface area (Å²) in [5.74, 6) is 0. The highest BCUT2D eigenvalue weighted by Crippen LogP contribution is 1.98. The molecule has 0 saturated carbocycles. The molecule has 0 aromatic rings. The molecular weight excluding hydrogens is 114 g/mol. The summed E-state index contributed by atoms with van der Waals surface area (Å²) in [6.07, 6.45) is 0. The molecule has 0 aromatic carbocycles. The van der Waals surface area contributed by atoms with Crippen molar-refractivity contribution in [3.63, 3.8) is 0 Å². The third-order valence-corrected chi connectivity index (χ3v) is 1.52. The Morgan fingerprint density at radius 2 is 2.67 bits per heavy atom. The van der Waals surface area contributed by atoms with E-state index in [0.29, 0.717) is 0 Å². The van der Waals surface area contributed by atoms with E-state index < -0.39 is 0 Å². The molecule has 1 rings (SSSR count). The minimum atomic E-state index is 0.0509. The van der Waals surface area contributed by atoms with Gasteiger partial charge < -0.3 is 5.32 Å². The van der Waals surface area contributed by atoms with Gasteiger partial charge in [0.1, 0.15) is 6.04 Å². The van der Waals surface area contributed by atoms with Crippen LogP contribution in [0, 0.1) is 17.9 Å². The van der Waals surface area contributed by atoms with E-state index in [1.54, 1.807) is 0 Å². The van der Waals surface area contributed by atoms with Gasteiger partial charge in [-0.2, -0.15) is 5.26 Å². The predicted molar refractivity (Wildman–Crippen MR) is 34.3 cm³/mol. The molecule has 0 amide bonds. The van der Waals surface area contributed by atoms with Gasteiger partial charge in [-0.05, 0) is 7.05 Å². The Morgan fingerprint density at radius 3 is 3.11 bits per heavy atom. The Hall–Kier alpha value is -0.590. The topological polar surface area (TPSA) is 39.1 Å². The summed E-state index contributed by atoms with van der Waals surface area (Å²) >= 11 is 0. The van der Waals surface area contributed by atoms with Gasteiger partial charge in [-0.15, -0.1) is 0 Å². The van der Waals surface area contributed by atoms with Gasteiger partial charge in [0.05, 0.1) is 6.07 Å². The van der Waals surface area contributed by atoms with E-state index in [2.05, 4.69) is 11.4 Å². The fourth-order valence-electron chi connectivity index (χ4n) is 0.831. The maximum Gasteiger partial charge on any atom is 0.110 e. The van der Waals surface area contributed by atoms with Gasteiger partial charge in [0.15, 0.2) is 0 Å². The quantitative estimate of drug-likeness (QED) is 0.476. The molecule has 3 heteroatoms. The van der Waals surface area contributed by atoms with Gasteiger partial charge in [0.25, 0.3) is 0 Å². The highest BCUT2D eigenvalue weighted by Gasteiger charge is 2.16. The van der Waals surface area contributed by atoms with Gasteiger partial charge in [-0.3, -0.25) is 4.90 Å². The summed E-state index contributed by atoms with van der Waals surface area (Å²) in [5.41, 5.74) is 0. The Kier molecular flexibility index (Phi) is 2.04. The zero-order chi connectivity index (χ0) is 6.69. The van der Waals surface area contributed by atoms with Gasteiger partial charge in [-0.1, -0.05) is 0 Å². The van der Waals surface area contributed by atoms with Crippen molar-refractivity contribution in [3.05, 3.63) is 6.54 Å². The van der Waals surface area contributed by atoms with Crippen molar-refractivity contribution >= 4 is 0 Å². The first-order chi connectivity index (χ1) is 4.34. The van der Waals surface area contributed by atoms with Gasteiger partial charge >= 0.3 is 0 Å². The Morgan fingerprint density at radius 1 is 1.89 bits per heavy atom. The molecule has 9 heavy (non-hydrogen) atoms. The number of rotatable bonds is 0. The smallest absolute Gasteiger partial charge is 0.110 e. The van der Waals surface area contributed by atoms with Crippen LogP contribution in [0.1, 0.15) is 0 Å². The number of nitrogens with one attached hydrogen (secondary N) is 1. The monoisotopic (exact) mass is 124 g/mol. The van der Waals surface area contributed by atoms with Crippen molar-refractivity contribution in [2.24, 2.45) is 0 Å². The predicted octanol–water partition coefficient (Wildman–Crippen LogP) is -0.425. The number of nitriles is 1. The van der Waals surface area contributed by atoms with E-state index in [0.717, 1.165) is 13.1 Å². The van der Waals surface area contributed by atoms with E-state index in [4.69, 9.17) is 5.26 Å². The fraction of sp³-hybridized carbons (Fsp3) is 0.667. The summed E-state index contributed by atoms with van der Waals surface area (Å²) in [7, 11) is 1.95. The number of hydrogen-bond donors (Lipinski definition) is 1. The fourth-order valence-corrected chi connectivity index (χ4v) is 0.831. The van der Waals surface area contributed by atoms with Crippen molar-refractivity contribution < 1.29 is 0 Å². The molecule has 49 valence electrons. The SMILES string of the molecule is CN1C[CH]NCC1C#N. The minimum absolute atomic E-state index is 0.0509. The molecule has 0 bridgehead atoms. The standard InChI is InChI=1S/C6H10N3/c1-9-3-2-8-5-6(9)4-7/h2,6,8H,3,5H2,1H3. The normalized spacial score (nSPS) is 29.6. The largest absolute Gasteiger partial charge is 0.309 e. The lowest BCUT2D eigenvalue weighted by Crippen LogP contribution is -2.45. The number of hydrogen-bond acceptors (Lipinski definition) is 3. The van der Waals surface area contributed by atoms with Crippen molar-refractivity contribution in [2.45, 2.75) is 6.04 Å². The van der Waals surface area contributed by atoms with Crippen molar-refractivity contribution in [3.8, 4) is 6.07 Å². The van der Waals surface area contributed by atoms with E-state index in [-0.39, 0.29) is 6.04 Å². The highest BCUT2D eigenvalue weighted by atomic mass is 15.2. The van der Waals surface area contributed by atoms with E-state index in [9.17, 15) is 0 Å². The maximum atomic E-state index is 8.52. The molecule has 1 atom stereocenters. The zero-order valence-corrected chi connectivity index (χ0v) is 5.46. The molecule has 0 aromatic heterocycles. The summed E-state index contributed by atoms with van der Waals surface area (Å²) in [5, 5.41) is 11.5. The summed E-state index contributed by atoms with van der Waals surface area (Å²) in [6.45, 7) is 3.58. The van der Waals surface area contributed by atoms with Crippen LogP contribution in [0.2, 0.25) is 0 Å². The molecule has 1 unspecified atom stereocenters. The third kappa shape index (κ3) is 1.41. The van der Waals surface area contributed by atoms with E-state index >= 15 is 0 Å². The van der Waals surface area contributed by atoms with Crippen molar-refractivity contribution in [1.82, 2.24) is 10.2 Å². The molecule has 1 heterocycles. The zero-order valence-electron chi connectivity index (χ0n) is 5.46. The highest BCUT2D eigenvalue weighted by molar-refractivity contribution is 4.97. The molecule has 1 N–H and O–H groups in total. The number of nitrogens with zero attached hydrogens (tertiary/aromatic N) is 2. The second kappa shape index (κ2) is 2.81. The Labute approximate surface area is 55.3 Å². The van der Waals surface area contributed by atoms with Crippen molar-refractivity contribution in [1.29, 1.82) is 5.26 Å². The van der Waals surface area contributed by atoms with Crippen LogP contribution in [-0.2, 0) is 0 Å². The van der Waals surface area contributed by atoms with Crippen LogP contribution in [0.5, 0.6) is 0 Å². The lowest BCUT2D eigenvalue weighted by Gasteiger charge is -2.27. The first-order valence-corrected chi connectivity index (χ1v) is 2.99. The first-order valence-electron chi connectivity index (χ1n) is 2.99. The molecule has 1 radical (unpaired) electrons. The van der Waals surface area contributed by atoms with Crippen LogP contribution in [0.15, 0.2) is 0 Å². The van der Waals surface area contributed by atoms with Crippen LogP contribution < -0.4 is 5.32 Å². The lowest BCUT2D eigenvalue weighted by molar-refractivity contribution is 0.266. The average molecular weight is 124 g/mol. The van der Waals surface area contributed by atoms with Crippen LogP contribution in [0.4, 0.5) is 0 Å². The van der Waals surface area contributed by atoms with Crippen molar-refractivity contribution in [2.75, 3.05) is 20.1 Å². The first kappa shape index (κ1) is 6.53. The molecule has 1 aliphatic heterocycles. The number of piperazine rings is 1. The molecular formula is C6H10N3. The second-order valence-corrected chi connectivity index (χ2v) is 2.20. The summed E-state index contributed by atoms with van der Waals surface area (Å²) < 4.78 is 0. The molecule has 1 fully saturated rings. The summed E-state index contributed by atoms with van der Waals surface area (Å²) in [6, 6.07) is 2.25. The average Bonchev–Trinajstić information content (AvgIpc) is 1.89. The van der Waals surface area contributed by atoms with Gasteiger partial charge in [0.2, 0.25) is 0 Å². The van der Waals surface area contributed by atoms with Crippen LogP contribution in [-0.4, -0.2) is 31.1 Å². The van der Waals surface area contributed by atoms with Crippen LogP contribution in [0.3, 0.4) is 0 Å². The molecule has 1 aliphatic rings. The van der Waals surface area contributed by atoms with Crippen LogP contribution >= 0.6 is 0 Å².